The molecule has 1 aliphatic heterocycles. The normalized spacial score (nSPS) is 20.4. The number of carbonyl (C=O) groups is 1. The molecule has 0 saturated carbocycles. The van der Waals surface area contributed by atoms with Gasteiger partial charge in [0.1, 0.15) is 5.82 Å². The van der Waals surface area contributed by atoms with E-state index < -0.39 is 23.7 Å². The van der Waals surface area contributed by atoms with Crippen LogP contribution in [0.2, 0.25) is 0 Å². The summed E-state index contributed by atoms with van der Waals surface area (Å²) in [6.07, 6.45) is -5.47. The van der Waals surface area contributed by atoms with Gasteiger partial charge in [-0.05, 0) is 17.7 Å². The van der Waals surface area contributed by atoms with Crippen LogP contribution in [0.1, 0.15) is 18.1 Å². The van der Waals surface area contributed by atoms with Gasteiger partial charge >= 0.3 is 6.18 Å². The number of alkyl halides is 3. The first-order chi connectivity index (χ1) is 10.7. The zero-order valence-corrected chi connectivity index (χ0v) is 12.6. The molecule has 4 nitrogen and oxygen atoms in total. The molecule has 0 radical (unpaired) electrons. The fourth-order valence-corrected chi connectivity index (χ4v) is 2.63. The highest BCUT2D eigenvalue weighted by atomic mass is 19.4. The van der Waals surface area contributed by atoms with Crippen LogP contribution in [-0.4, -0.2) is 53.1 Å². The molecule has 0 spiro atoms. The second kappa shape index (κ2) is 6.84. The van der Waals surface area contributed by atoms with Gasteiger partial charge < -0.3 is 10.0 Å². The molecule has 1 fully saturated rings. The second-order valence-corrected chi connectivity index (χ2v) is 5.67. The number of carbonyl (C=O) groups excluding carboxylic acids is 1. The molecule has 0 aliphatic carbocycles. The number of aliphatic hydroxyl groups excluding tert-OH is 1. The van der Waals surface area contributed by atoms with E-state index in [1.807, 2.05) is 0 Å². The summed E-state index contributed by atoms with van der Waals surface area (Å²) < 4.78 is 51.2. The molecule has 8 heteroatoms. The molecule has 2 rings (SSSR count). The Balaban J connectivity index is 2.07. The molecule has 1 saturated heterocycles. The van der Waals surface area contributed by atoms with Crippen LogP contribution in [-0.2, 0) is 17.5 Å². The predicted octanol–water partition coefficient (Wildman–Crippen LogP) is 1.87. The summed E-state index contributed by atoms with van der Waals surface area (Å²) in [5, 5.41) is 9.90. The van der Waals surface area contributed by atoms with Crippen molar-refractivity contribution in [1.82, 2.24) is 9.80 Å². The van der Waals surface area contributed by atoms with Gasteiger partial charge in [0, 0.05) is 39.6 Å². The monoisotopic (exact) mass is 334 g/mol. The number of aliphatic hydroxyl groups is 1. The third-order valence-corrected chi connectivity index (χ3v) is 3.78. The lowest BCUT2D eigenvalue weighted by Crippen LogP contribution is -2.36. The minimum Gasteiger partial charge on any atom is -0.390 e. The van der Waals surface area contributed by atoms with Gasteiger partial charge in [-0.1, -0.05) is 6.07 Å². The Labute approximate surface area is 131 Å². The van der Waals surface area contributed by atoms with E-state index in [4.69, 9.17) is 0 Å². The maximum absolute atomic E-state index is 13.6. The number of benzene rings is 1. The van der Waals surface area contributed by atoms with Gasteiger partial charge in [0.25, 0.3) is 0 Å². The molecular formula is C15H18F4N2O2. The number of nitrogens with zero attached hydrogens (tertiary/aromatic N) is 2. The Hall–Kier alpha value is -1.67. The van der Waals surface area contributed by atoms with E-state index in [0.29, 0.717) is 18.7 Å². The number of hydrogen-bond donors (Lipinski definition) is 1. The molecule has 0 bridgehead atoms. The highest BCUT2D eigenvalue weighted by molar-refractivity contribution is 5.73. The average molecular weight is 334 g/mol. The summed E-state index contributed by atoms with van der Waals surface area (Å²) >= 11 is 0. The maximum Gasteiger partial charge on any atom is 0.419 e. The van der Waals surface area contributed by atoms with Gasteiger partial charge in [-0.3, -0.25) is 9.69 Å². The van der Waals surface area contributed by atoms with Crippen LogP contribution >= 0.6 is 0 Å². The van der Waals surface area contributed by atoms with E-state index >= 15 is 0 Å². The number of halogens is 4. The van der Waals surface area contributed by atoms with Gasteiger partial charge in [-0.2, -0.15) is 13.2 Å². The molecule has 1 N–H and O–H groups in total. The van der Waals surface area contributed by atoms with Gasteiger partial charge in [-0.15, -0.1) is 0 Å². The molecule has 1 aromatic rings. The summed E-state index contributed by atoms with van der Waals surface area (Å²) in [5.41, 5.74) is -0.904. The zero-order chi connectivity index (χ0) is 17.2. The Morgan fingerprint density at radius 1 is 1.30 bits per heavy atom. The predicted molar refractivity (Wildman–Crippen MR) is 74.9 cm³/mol. The Morgan fingerprint density at radius 3 is 2.57 bits per heavy atom. The van der Waals surface area contributed by atoms with E-state index in [1.165, 1.54) is 17.9 Å². The van der Waals surface area contributed by atoms with Crippen LogP contribution in [0, 0.1) is 5.82 Å². The fourth-order valence-electron chi connectivity index (χ4n) is 2.63. The first-order valence-electron chi connectivity index (χ1n) is 7.18. The van der Waals surface area contributed by atoms with E-state index in [-0.39, 0.29) is 25.5 Å². The third kappa shape index (κ3) is 4.65. The van der Waals surface area contributed by atoms with Crippen molar-refractivity contribution in [3.8, 4) is 0 Å². The Bertz CT molecular complexity index is 577. The van der Waals surface area contributed by atoms with E-state index in [1.54, 1.807) is 4.90 Å². The molecule has 0 unspecified atom stereocenters. The largest absolute Gasteiger partial charge is 0.419 e. The quantitative estimate of drug-likeness (QED) is 0.840. The molecular weight excluding hydrogens is 316 g/mol. The lowest BCUT2D eigenvalue weighted by molar-refractivity contribution is -0.140. The van der Waals surface area contributed by atoms with Crippen LogP contribution in [0.5, 0.6) is 0 Å². The summed E-state index contributed by atoms with van der Waals surface area (Å²) in [6.45, 7) is 2.97. The smallest absolute Gasteiger partial charge is 0.390 e. The molecule has 1 amide bonds. The topological polar surface area (TPSA) is 43.8 Å². The van der Waals surface area contributed by atoms with Crippen molar-refractivity contribution >= 4 is 5.91 Å². The number of amides is 1. The van der Waals surface area contributed by atoms with Crippen LogP contribution in [0.3, 0.4) is 0 Å². The standard InChI is InChI=1S/C15H18F4N2O2/c1-10(22)21-5-4-20(8-12(23)9-21)7-11-2-3-13(14(16)6-11)15(17,18)19/h2-3,6,12,23H,4-5,7-9H2,1H3/t12-/m1/s1. The summed E-state index contributed by atoms with van der Waals surface area (Å²) in [4.78, 5) is 14.7. The van der Waals surface area contributed by atoms with E-state index in [9.17, 15) is 27.5 Å². The molecule has 1 aliphatic rings. The summed E-state index contributed by atoms with van der Waals surface area (Å²) in [7, 11) is 0. The molecule has 128 valence electrons. The minimum absolute atomic E-state index is 0.147. The summed E-state index contributed by atoms with van der Waals surface area (Å²) in [6, 6.07) is 2.82. The highest BCUT2D eigenvalue weighted by Gasteiger charge is 2.34. The van der Waals surface area contributed by atoms with Crippen LogP contribution in [0.15, 0.2) is 18.2 Å². The van der Waals surface area contributed by atoms with E-state index in [2.05, 4.69) is 0 Å². The zero-order valence-electron chi connectivity index (χ0n) is 12.6. The maximum atomic E-state index is 13.6. The molecule has 23 heavy (non-hydrogen) atoms. The fraction of sp³-hybridized carbons (Fsp3) is 0.533. The molecule has 0 aromatic heterocycles. The first kappa shape index (κ1) is 17.7. The van der Waals surface area contributed by atoms with Crippen LogP contribution < -0.4 is 0 Å². The van der Waals surface area contributed by atoms with Crippen molar-refractivity contribution in [2.45, 2.75) is 25.7 Å². The van der Waals surface area contributed by atoms with Crippen molar-refractivity contribution in [2.75, 3.05) is 26.2 Å². The lowest BCUT2D eigenvalue weighted by atomic mass is 10.1. The Morgan fingerprint density at radius 2 is 2.00 bits per heavy atom. The van der Waals surface area contributed by atoms with Crippen molar-refractivity contribution < 1.29 is 27.5 Å². The third-order valence-electron chi connectivity index (χ3n) is 3.78. The van der Waals surface area contributed by atoms with Gasteiger partial charge in [0.05, 0.1) is 11.7 Å². The van der Waals surface area contributed by atoms with Gasteiger partial charge in [0.15, 0.2) is 0 Å². The van der Waals surface area contributed by atoms with Crippen molar-refractivity contribution in [1.29, 1.82) is 0 Å². The average Bonchev–Trinajstić information content (AvgIpc) is 2.59. The Kier molecular flexibility index (Phi) is 5.26. The molecule has 1 atom stereocenters. The van der Waals surface area contributed by atoms with Crippen molar-refractivity contribution in [3.63, 3.8) is 0 Å². The number of hydrogen-bond acceptors (Lipinski definition) is 3. The van der Waals surface area contributed by atoms with Gasteiger partial charge in [-0.25, -0.2) is 4.39 Å². The van der Waals surface area contributed by atoms with Gasteiger partial charge in [0.2, 0.25) is 5.91 Å². The number of rotatable bonds is 2. The summed E-state index contributed by atoms with van der Waals surface area (Å²) in [5.74, 6) is -1.46. The molecule has 1 aromatic carbocycles. The molecule has 1 heterocycles. The SMILES string of the molecule is CC(=O)N1CCN(Cc2ccc(C(F)(F)F)c(F)c2)C[C@@H](O)C1. The van der Waals surface area contributed by atoms with Crippen LogP contribution in [0.25, 0.3) is 0 Å². The lowest BCUT2D eigenvalue weighted by Gasteiger charge is -2.21. The second-order valence-electron chi connectivity index (χ2n) is 5.67. The van der Waals surface area contributed by atoms with Crippen LogP contribution in [0.4, 0.5) is 17.6 Å². The minimum atomic E-state index is -4.72. The number of β-amino-alcohol motifs (C(OH)–C–C–N with tert-alkyl or cyclic N) is 1. The highest BCUT2D eigenvalue weighted by Crippen LogP contribution is 2.31. The van der Waals surface area contributed by atoms with E-state index in [0.717, 1.165) is 12.1 Å². The van der Waals surface area contributed by atoms with Crippen molar-refractivity contribution in [3.05, 3.63) is 35.1 Å². The first-order valence-corrected chi connectivity index (χ1v) is 7.18. The van der Waals surface area contributed by atoms with Crippen molar-refractivity contribution in [2.24, 2.45) is 0 Å².